The number of aromatic nitrogens is 2. The van der Waals surface area contributed by atoms with Gasteiger partial charge in [0.05, 0.1) is 21.4 Å². The number of nitrogens with one attached hydrogen (secondary N) is 3. The highest BCUT2D eigenvalue weighted by molar-refractivity contribution is 6.42. The Kier molecular flexibility index (Phi) is 4.60. The monoisotopic (exact) mass is 392 g/mol. The molecule has 3 N–H and O–H groups in total. The molecule has 0 unspecified atom stereocenters. The molecule has 0 spiro atoms. The van der Waals surface area contributed by atoms with Crippen molar-refractivity contribution in [1.29, 1.82) is 0 Å². The van der Waals surface area contributed by atoms with Gasteiger partial charge in [-0.2, -0.15) is 4.98 Å². The minimum atomic E-state index is -0.296. The highest BCUT2D eigenvalue weighted by atomic mass is 35.5. The van der Waals surface area contributed by atoms with Crippen molar-refractivity contribution in [2.45, 2.75) is 18.9 Å². The molecule has 0 saturated carbocycles. The number of nitrogens with zero attached hydrogens (tertiary/aromatic N) is 3. The number of carbonyl (C=O) groups excluding carboxylic acids is 1. The van der Waals surface area contributed by atoms with Gasteiger partial charge in [-0.1, -0.05) is 23.2 Å². The lowest BCUT2D eigenvalue weighted by atomic mass is 10.1. The number of amides is 1. The van der Waals surface area contributed by atoms with Crippen molar-refractivity contribution in [3.05, 3.63) is 33.9 Å². The average molecular weight is 393 g/mol. The Labute approximate surface area is 161 Å². The zero-order valence-electron chi connectivity index (χ0n) is 14.1. The average Bonchev–Trinajstić information content (AvgIpc) is 2.73. The lowest BCUT2D eigenvalue weighted by molar-refractivity contribution is 0.102. The predicted molar refractivity (Wildman–Crippen MR) is 104 cm³/mol. The van der Waals surface area contributed by atoms with Crippen LogP contribution in [-0.2, 0) is 0 Å². The number of hydrogen-bond acceptors (Lipinski definition) is 6. The summed E-state index contributed by atoms with van der Waals surface area (Å²) in [5, 5.41) is 10.1. The molecular weight excluding hydrogens is 375 g/mol. The Morgan fingerprint density at radius 1 is 1.15 bits per heavy atom. The first-order valence-corrected chi connectivity index (χ1v) is 9.15. The fraction of sp³-hybridized carbons (Fsp3) is 0.353. The van der Waals surface area contributed by atoms with E-state index in [0.717, 1.165) is 25.9 Å². The van der Waals surface area contributed by atoms with Crippen LogP contribution in [0.5, 0.6) is 0 Å². The number of piperidine rings is 1. The zero-order chi connectivity index (χ0) is 18.3. The summed E-state index contributed by atoms with van der Waals surface area (Å²) in [5.74, 6) is 0.641. The first-order chi connectivity index (χ1) is 12.5. The molecule has 4 rings (SSSR count). The topological polar surface area (TPSA) is 82.2 Å². The molecule has 0 atom stereocenters. The van der Waals surface area contributed by atoms with Crippen molar-refractivity contribution in [2.24, 2.45) is 0 Å². The van der Waals surface area contributed by atoms with Gasteiger partial charge in [0.1, 0.15) is 11.4 Å². The van der Waals surface area contributed by atoms with Gasteiger partial charge in [-0.05, 0) is 45.1 Å². The van der Waals surface area contributed by atoms with Crippen molar-refractivity contribution in [1.82, 2.24) is 14.9 Å². The van der Waals surface area contributed by atoms with E-state index in [0.29, 0.717) is 44.8 Å². The molecule has 2 aliphatic rings. The molecule has 2 aliphatic heterocycles. The summed E-state index contributed by atoms with van der Waals surface area (Å²) in [5.41, 5.74) is 1.55. The van der Waals surface area contributed by atoms with E-state index in [9.17, 15) is 4.79 Å². The van der Waals surface area contributed by atoms with Crippen molar-refractivity contribution >= 4 is 52.3 Å². The van der Waals surface area contributed by atoms with Crippen LogP contribution in [0.4, 0.5) is 23.1 Å². The number of hydrogen-bond donors (Lipinski definition) is 3. The van der Waals surface area contributed by atoms with Gasteiger partial charge in [0, 0.05) is 12.2 Å². The van der Waals surface area contributed by atoms with Gasteiger partial charge in [-0.25, -0.2) is 4.98 Å². The van der Waals surface area contributed by atoms with E-state index < -0.39 is 0 Å². The molecule has 1 amide bonds. The molecule has 7 nitrogen and oxygen atoms in total. The first kappa shape index (κ1) is 17.3. The Morgan fingerprint density at radius 2 is 1.81 bits per heavy atom. The maximum absolute atomic E-state index is 12.5. The summed E-state index contributed by atoms with van der Waals surface area (Å²) >= 11 is 12.1. The van der Waals surface area contributed by atoms with Gasteiger partial charge >= 0.3 is 0 Å². The van der Waals surface area contributed by atoms with Crippen molar-refractivity contribution in [2.75, 3.05) is 36.1 Å². The van der Waals surface area contributed by atoms with Crippen molar-refractivity contribution in [3.8, 4) is 0 Å². The highest BCUT2D eigenvalue weighted by Gasteiger charge is 2.23. The van der Waals surface area contributed by atoms with E-state index in [4.69, 9.17) is 23.2 Å². The van der Waals surface area contributed by atoms with E-state index in [1.165, 1.54) is 6.20 Å². The fourth-order valence-corrected chi connectivity index (χ4v) is 3.45. The number of carbonyl (C=O) groups is 1. The maximum atomic E-state index is 12.5. The summed E-state index contributed by atoms with van der Waals surface area (Å²) in [6, 6.07) is 3.60. The molecule has 0 bridgehead atoms. The molecule has 3 heterocycles. The minimum Gasteiger partial charge on any atom is -0.351 e. The molecule has 1 aromatic carbocycles. The van der Waals surface area contributed by atoms with Crippen LogP contribution in [0.15, 0.2) is 18.3 Å². The van der Waals surface area contributed by atoms with Crippen LogP contribution >= 0.6 is 23.2 Å². The van der Waals surface area contributed by atoms with Gasteiger partial charge in [-0.3, -0.25) is 4.79 Å². The number of anilines is 4. The van der Waals surface area contributed by atoms with Gasteiger partial charge in [-0.15, -0.1) is 0 Å². The summed E-state index contributed by atoms with van der Waals surface area (Å²) in [7, 11) is 2.12. The normalized spacial score (nSPS) is 17.6. The van der Waals surface area contributed by atoms with E-state index in [2.05, 4.69) is 37.9 Å². The Morgan fingerprint density at radius 3 is 2.50 bits per heavy atom. The Bertz CT molecular complexity index is 867. The van der Waals surface area contributed by atoms with Gasteiger partial charge in [0.2, 0.25) is 5.95 Å². The number of fused-ring (bicyclic) bond motifs is 2. The van der Waals surface area contributed by atoms with E-state index in [1.54, 1.807) is 12.1 Å². The van der Waals surface area contributed by atoms with Crippen LogP contribution in [0.3, 0.4) is 0 Å². The molecule has 0 aliphatic carbocycles. The number of likely N-dealkylation sites (tertiary alicyclic amines) is 1. The van der Waals surface area contributed by atoms with Gasteiger partial charge in [0.15, 0.2) is 0 Å². The van der Waals surface area contributed by atoms with Crippen LogP contribution in [0.2, 0.25) is 10.0 Å². The third-order valence-corrected chi connectivity index (χ3v) is 5.37. The van der Waals surface area contributed by atoms with Crippen molar-refractivity contribution < 1.29 is 4.79 Å². The largest absolute Gasteiger partial charge is 0.351 e. The number of rotatable bonds is 2. The standard InChI is InChI=1S/C17H18Cl2N6O/c1-25-4-2-9(3-5-25)21-17-20-8-10-15(24-17)22-13-6-11(18)12(19)7-14(13)23-16(10)26/h6-9H,2-5H2,1H3,(H,23,26)(H2,20,21,22,24). The van der Waals surface area contributed by atoms with E-state index in [-0.39, 0.29) is 5.91 Å². The summed E-state index contributed by atoms with van der Waals surface area (Å²) < 4.78 is 0. The summed E-state index contributed by atoms with van der Waals surface area (Å²) in [4.78, 5) is 23.6. The SMILES string of the molecule is CN1CCC(Nc2ncc3c(n2)Nc2cc(Cl)c(Cl)cc2NC3=O)CC1. The van der Waals surface area contributed by atoms with Gasteiger partial charge in [0.25, 0.3) is 5.91 Å². The second kappa shape index (κ2) is 6.90. The van der Waals surface area contributed by atoms with E-state index >= 15 is 0 Å². The quantitative estimate of drug-likeness (QED) is 0.724. The number of halogens is 2. The fourth-order valence-electron chi connectivity index (χ4n) is 3.12. The van der Waals surface area contributed by atoms with Crippen LogP contribution in [0.1, 0.15) is 23.2 Å². The summed E-state index contributed by atoms with van der Waals surface area (Å²) in [6.07, 6.45) is 3.58. The number of benzene rings is 1. The first-order valence-electron chi connectivity index (χ1n) is 8.39. The molecule has 1 saturated heterocycles. The molecule has 26 heavy (non-hydrogen) atoms. The molecule has 136 valence electrons. The molecule has 9 heteroatoms. The second-order valence-corrected chi connectivity index (χ2v) is 7.38. The molecule has 1 fully saturated rings. The third kappa shape index (κ3) is 3.42. The van der Waals surface area contributed by atoms with Gasteiger partial charge < -0.3 is 20.9 Å². The zero-order valence-corrected chi connectivity index (χ0v) is 15.7. The molecule has 1 aromatic heterocycles. The third-order valence-electron chi connectivity index (χ3n) is 4.65. The van der Waals surface area contributed by atoms with E-state index in [1.807, 2.05) is 0 Å². The Balaban J connectivity index is 1.61. The van der Waals surface area contributed by atoms with Crippen LogP contribution in [0, 0.1) is 0 Å². The van der Waals surface area contributed by atoms with Crippen LogP contribution in [-0.4, -0.2) is 47.0 Å². The smallest absolute Gasteiger partial charge is 0.261 e. The summed E-state index contributed by atoms with van der Waals surface area (Å²) in [6.45, 7) is 2.08. The molecule has 0 radical (unpaired) electrons. The second-order valence-electron chi connectivity index (χ2n) is 6.57. The highest BCUT2D eigenvalue weighted by Crippen LogP contribution is 2.37. The van der Waals surface area contributed by atoms with Crippen molar-refractivity contribution in [3.63, 3.8) is 0 Å². The maximum Gasteiger partial charge on any atom is 0.261 e. The minimum absolute atomic E-state index is 0.296. The molecule has 2 aromatic rings. The Hall–Kier alpha value is -2.09. The lowest BCUT2D eigenvalue weighted by Gasteiger charge is -2.29. The molecular formula is C17H18Cl2N6O. The van der Waals surface area contributed by atoms with Crippen LogP contribution < -0.4 is 16.0 Å². The van der Waals surface area contributed by atoms with Crippen LogP contribution in [0.25, 0.3) is 0 Å². The predicted octanol–water partition coefficient (Wildman–Crippen LogP) is 3.60. The lowest BCUT2D eigenvalue weighted by Crippen LogP contribution is -2.37.